The SMILES string of the molecule is N#C/C(=C\c1cc(Cl)ccc1Cc1ccccc1F)C(=O)Nc1ccc(Cl)c(Cl)c1. The Balaban J connectivity index is 1.92. The van der Waals surface area contributed by atoms with Gasteiger partial charge in [-0.25, -0.2) is 4.39 Å². The highest BCUT2D eigenvalue weighted by Crippen LogP contribution is 2.26. The largest absolute Gasteiger partial charge is 0.321 e. The van der Waals surface area contributed by atoms with Crippen molar-refractivity contribution < 1.29 is 9.18 Å². The molecule has 0 aliphatic carbocycles. The van der Waals surface area contributed by atoms with Crippen LogP contribution < -0.4 is 5.32 Å². The van der Waals surface area contributed by atoms with E-state index in [0.717, 1.165) is 5.56 Å². The lowest BCUT2D eigenvalue weighted by molar-refractivity contribution is -0.112. The van der Waals surface area contributed by atoms with Crippen molar-refractivity contribution in [3.63, 3.8) is 0 Å². The van der Waals surface area contributed by atoms with Crippen LogP contribution in [0.25, 0.3) is 6.08 Å². The van der Waals surface area contributed by atoms with Gasteiger partial charge in [0.1, 0.15) is 17.5 Å². The molecule has 7 heteroatoms. The van der Waals surface area contributed by atoms with Crippen LogP contribution in [-0.2, 0) is 11.2 Å². The van der Waals surface area contributed by atoms with Gasteiger partial charge in [-0.05, 0) is 59.2 Å². The Hall–Kier alpha value is -2.84. The number of carbonyl (C=O) groups is 1. The molecule has 0 heterocycles. The molecule has 150 valence electrons. The summed E-state index contributed by atoms with van der Waals surface area (Å²) in [7, 11) is 0. The van der Waals surface area contributed by atoms with Crippen molar-refractivity contribution in [2.75, 3.05) is 5.32 Å². The van der Waals surface area contributed by atoms with E-state index in [1.807, 2.05) is 6.07 Å². The minimum atomic E-state index is -0.618. The zero-order valence-corrected chi connectivity index (χ0v) is 17.7. The summed E-state index contributed by atoms with van der Waals surface area (Å²) in [5.41, 5.74) is 2.02. The van der Waals surface area contributed by atoms with Gasteiger partial charge in [-0.1, -0.05) is 59.1 Å². The van der Waals surface area contributed by atoms with E-state index in [1.54, 1.807) is 48.5 Å². The maximum atomic E-state index is 14.1. The van der Waals surface area contributed by atoms with Crippen LogP contribution in [0.4, 0.5) is 10.1 Å². The fraction of sp³-hybridized carbons (Fsp3) is 0.0435. The molecule has 0 aromatic heterocycles. The number of hydrogen-bond acceptors (Lipinski definition) is 2. The van der Waals surface area contributed by atoms with E-state index in [4.69, 9.17) is 34.8 Å². The van der Waals surface area contributed by atoms with Crippen LogP contribution in [0.1, 0.15) is 16.7 Å². The molecule has 1 N–H and O–H groups in total. The molecule has 0 atom stereocenters. The van der Waals surface area contributed by atoms with E-state index in [9.17, 15) is 14.4 Å². The monoisotopic (exact) mass is 458 g/mol. The van der Waals surface area contributed by atoms with Crippen molar-refractivity contribution in [2.24, 2.45) is 0 Å². The number of nitrogens with one attached hydrogen (secondary N) is 1. The highest BCUT2D eigenvalue weighted by Gasteiger charge is 2.13. The first-order chi connectivity index (χ1) is 14.4. The summed E-state index contributed by atoms with van der Waals surface area (Å²) in [6.45, 7) is 0. The first-order valence-electron chi connectivity index (χ1n) is 8.77. The van der Waals surface area contributed by atoms with Gasteiger partial charge in [0.2, 0.25) is 0 Å². The number of amides is 1. The maximum Gasteiger partial charge on any atom is 0.266 e. The number of benzene rings is 3. The van der Waals surface area contributed by atoms with Crippen molar-refractivity contribution in [2.45, 2.75) is 6.42 Å². The highest BCUT2D eigenvalue weighted by molar-refractivity contribution is 6.42. The average molecular weight is 460 g/mol. The van der Waals surface area contributed by atoms with Gasteiger partial charge in [-0.2, -0.15) is 5.26 Å². The molecule has 0 saturated heterocycles. The third-order valence-electron chi connectivity index (χ3n) is 4.29. The summed E-state index contributed by atoms with van der Waals surface area (Å²) in [4.78, 5) is 12.6. The van der Waals surface area contributed by atoms with E-state index in [2.05, 4.69) is 5.32 Å². The number of carbonyl (C=O) groups excluding carboxylic acids is 1. The number of nitrogens with zero attached hydrogens (tertiary/aromatic N) is 1. The number of anilines is 1. The molecular formula is C23H14Cl3FN2O. The zero-order chi connectivity index (χ0) is 21.7. The predicted molar refractivity (Wildman–Crippen MR) is 119 cm³/mol. The van der Waals surface area contributed by atoms with Crippen LogP contribution in [0.5, 0.6) is 0 Å². The molecule has 0 spiro atoms. The van der Waals surface area contributed by atoms with Gasteiger partial charge < -0.3 is 5.32 Å². The van der Waals surface area contributed by atoms with E-state index in [1.165, 1.54) is 18.2 Å². The van der Waals surface area contributed by atoms with Gasteiger partial charge in [0.15, 0.2) is 0 Å². The lowest BCUT2D eigenvalue weighted by atomic mass is 9.98. The molecule has 30 heavy (non-hydrogen) atoms. The molecule has 0 unspecified atom stereocenters. The topological polar surface area (TPSA) is 52.9 Å². The van der Waals surface area contributed by atoms with E-state index in [-0.39, 0.29) is 22.8 Å². The van der Waals surface area contributed by atoms with Crippen LogP contribution in [0.3, 0.4) is 0 Å². The van der Waals surface area contributed by atoms with Crippen LogP contribution >= 0.6 is 34.8 Å². The Kier molecular flexibility index (Phi) is 7.12. The molecule has 1 amide bonds. The second kappa shape index (κ2) is 9.77. The first kappa shape index (κ1) is 21.9. The van der Waals surface area contributed by atoms with Crippen LogP contribution in [0.15, 0.2) is 66.2 Å². The molecule has 0 radical (unpaired) electrons. The van der Waals surface area contributed by atoms with Gasteiger partial charge in [0.05, 0.1) is 10.0 Å². The van der Waals surface area contributed by atoms with Crippen LogP contribution in [0, 0.1) is 17.1 Å². The minimum absolute atomic E-state index is 0.141. The van der Waals surface area contributed by atoms with Gasteiger partial charge in [-0.3, -0.25) is 4.79 Å². The van der Waals surface area contributed by atoms with Gasteiger partial charge in [0.25, 0.3) is 5.91 Å². The summed E-state index contributed by atoms with van der Waals surface area (Å²) in [6, 6.07) is 18.0. The number of halogens is 4. The summed E-state index contributed by atoms with van der Waals surface area (Å²) in [5, 5.41) is 13.2. The molecule has 3 aromatic rings. The lowest BCUT2D eigenvalue weighted by Crippen LogP contribution is -2.13. The van der Waals surface area contributed by atoms with E-state index >= 15 is 0 Å². The standard InChI is InChI=1S/C23H14Cl3FN2O/c24-18-6-5-14(9-15-3-1-2-4-22(15)27)16(11-18)10-17(13-28)23(30)29-19-7-8-20(25)21(26)12-19/h1-8,10-12H,9H2,(H,29,30)/b17-10+. The second-order valence-corrected chi connectivity index (χ2v) is 7.61. The number of rotatable bonds is 5. The lowest BCUT2D eigenvalue weighted by Gasteiger charge is -2.10. The van der Waals surface area contributed by atoms with Crippen molar-refractivity contribution in [3.8, 4) is 6.07 Å². The maximum absolute atomic E-state index is 14.1. The summed E-state index contributed by atoms with van der Waals surface area (Å²) < 4.78 is 14.1. The van der Waals surface area contributed by atoms with Crippen molar-refractivity contribution in [1.82, 2.24) is 0 Å². The van der Waals surface area contributed by atoms with E-state index in [0.29, 0.717) is 26.9 Å². The van der Waals surface area contributed by atoms with Crippen molar-refractivity contribution >= 4 is 52.5 Å². The van der Waals surface area contributed by atoms with Crippen LogP contribution in [-0.4, -0.2) is 5.91 Å². The van der Waals surface area contributed by atoms with Gasteiger partial charge in [0, 0.05) is 17.1 Å². The number of nitriles is 1. The molecule has 0 saturated carbocycles. The third kappa shape index (κ3) is 5.40. The van der Waals surface area contributed by atoms with Gasteiger partial charge >= 0.3 is 0 Å². The fourth-order valence-electron chi connectivity index (χ4n) is 2.78. The molecule has 3 nitrogen and oxygen atoms in total. The average Bonchev–Trinajstić information content (AvgIpc) is 2.72. The van der Waals surface area contributed by atoms with Crippen LogP contribution in [0.2, 0.25) is 15.1 Å². The quantitative estimate of drug-likeness (QED) is 0.332. The van der Waals surface area contributed by atoms with Gasteiger partial charge in [-0.15, -0.1) is 0 Å². The Labute approximate surface area is 188 Å². The molecular weight excluding hydrogens is 446 g/mol. The Morgan fingerprint density at radius 3 is 2.47 bits per heavy atom. The van der Waals surface area contributed by atoms with E-state index < -0.39 is 5.91 Å². The highest BCUT2D eigenvalue weighted by atomic mass is 35.5. The molecule has 0 aliphatic rings. The fourth-order valence-corrected chi connectivity index (χ4v) is 3.26. The summed E-state index contributed by atoms with van der Waals surface area (Å²) >= 11 is 17.9. The Bertz CT molecular complexity index is 1190. The molecule has 0 bridgehead atoms. The number of hydrogen-bond donors (Lipinski definition) is 1. The predicted octanol–water partition coefficient (Wildman–Crippen LogP) is 6.92. The first-order valence-corrected chi connectivity index (χ1v) is 9.91. The third-order valence-corrected chi connectivity index (χ3v) is 5.26. The summed E-state index contributed by atoms with van der Waals surface area (Å²) in [5.74, 6) is -0.951. The molecule has 0 aliphatic heterocycles. The Morgan fingerprint density at radius 2 is 1.77 bits per heavy atom. The molecule has 3 rings (SSSR count). The second-order valence-electron chi connectivity index (χ2n) is 6.36. The van der Waals surface area contributed by atoms with Crippen molar-refractivity contribution in [1.29, 1.82) is 5.26 Å². The molecule has 3 aromatic carbocycles. The normalized spacial score (nSPS) is 11.1. The Morgan fingerprint density at radius 1 is 1.00 bits per heavy atom. The minimum Gasteiger partial charge on any atom is -0.321 e. The zero-order valence-electron chi connectivity index (χ0n) is 15.4. The van der Waals surface area contributed by atoms with Crippen molar-refractivity contribution in [3.05, 3.63) is 104 Å². The molecule has 0 fully saturated rings. The summed E-state index contributed by atoms with van der Waals surface area (Å²) in [6.07, 6.45) is 1.71. The smallest absolute Gasteiger partial charge is 0.266 e.